The molecule has 2 aromatic heterocycles. The second kappa shape index (κ2) is 4.96. The number of furan rings is 1. The molecule has 6 heteroatoms. The van der Waals surface area contributed by atoms with Crippen LogP contribution in [0.1, 0.15) is 38.1 Å². The van der Waals surface area contributed by atoms with Gasteiger partial charge >= 0.3 is 0 Å². The number of fused-ring (bicyclic) bond motifs is 2. The fourth-order valence-electron chi connectivity index (χ4n) is 4.05. The Labute approximate surface area is 123 Å². The van der Waals surface area contributed by atoms with Gasteiger partial charge in [-0.2, -0.15) is 4.98 Å². The fraction of sp³-hybridized carbons (Fsp3) is 0.600. The zero-order chi connectivity index (χ0) is 14.4. The summed E-state index contributed by atoms with van der Waals surface area (Å²) in [6, 6.07) is 4.96. The summed E-state index contributed by atoms with van der Waals surface area (Å²) in [7, 11) is 0. The Hall–Kier alpha value is -1.66. The van der Waals surface area contributed by atoms with Crippen molar-refractivity contribution in [1.82, 2.24) is 15.0 Å². The minimum Gasteiger partial charge on any atom is -0.461 e. The molecule has 0 saturated carbocycles. The van der Waals surface area contributed by atoms with E-state index < -0.39 is 0 Å². The summed E-state index contributed by atoms with van der Waals surface area (Å²) in [5.41, 5.74) is 5.90. The number of hydrogen-bond acceptors (Lipinski definition) is 6. The highest BCUT2D eigenvalue weighted by atomic mass is 16.5. The first-order chi connectivity index (χ1) is 10.3. The van der Waals surface area contributed by atoms with E-state index in [0.29, 0.717) is 35.5 Å². The summed E-state index contributed by atoms with van der Waals surface area (Å²) >= 11 is 0. The molecule has 4 rings (SSSR count). The largest absolute Gasteiger partial charge is 0.461 e. The first kappa shape index (κ1) is 13.0. The number of nitrogens with zero attached hydrogens (tertiary/aromatic N) is 3. The summed E-state index contributed by atoms with van der Waals surface area (Å²) in [6.07, 6.45) is 5.30. The van der Waals surface area contributed by atoms with E-state index in [1.807, 2.05) is 12.1 Å². The van der Waals surface area contributed by atoms with Crippen molar-refractivity contribution in [2.45, 2.75) is 44.3 Å². The average molecular weight is 288 g/mol. The van der Waals surface area contributed by atoms with Crippen molar-refractivity contribution in [3.05, 3.63) is 24.3 Å². The van der Waals surface area contributed by atoms with Gasteiger partial charge in [-0.3, -0.25) is 4.90 Å². The van der Waals surface area contributed by atoms with Crippen LogP contribution in [-0.4, -0.2) is 33.7 Å². The molecule has 0 radical (unpaired) electrons. The van der Waals surface area contributed by atoms with Crippen molar-refractivity contribution < 1.29 is 8.94 Å². The Morgan fingerprint density at radius 2 is 2.38 bits per heavy atom. The minimum atomic E-state index is 0.135. The maximum Gasteiger partial charge on any atom is 0.244 e. The van der Waals surface area contributed by atoms with E-state index in [9.17, 15) is 0 Å². The molecule has 4 atom stereocenters. The standard InChI is InChI=1S/C15H20N4O2/c1-9(19-11-4-5-12(19)10(7-11)8-16)15-17-14(18-21-15)13-3-2-6-20-13/h2-3,6,9-12H,4-5,7-8,16H2,1H3/t9?,10-,11+,12-/m0/s1. The van der Waals surface area contributed by atoms with Gasteiger partial charge in [-0.15, -0.1) is 0 Å². The highest BCUT2D eigenvalue weighted by Gasteiger charge is 2.48. The number of aromatic nitrogens is 2. The van der Waals surface area contributed by atoms with Gasteiger partial charge in [-0.25, -0.2) is 0 Å². The van der Waals surface area contributed by atoms with Crippen LogP contribution in [0.15, 0.2) is 27.3 Å². The predicted octanol–water partition coefficient (Wildman–Crippen LogP) is 2.20. The molecule has 6 nitrogen and oxygen atoms in total. The van der Waals surface area contributed by atoms with E-state index in [0.717, 1.165) is 6.54 Å². The lowest BCUT2D eigenvalue weighted by Crippen LogP contribution is -2.34. The second-order valence-electron chi connectivity index (χ2n) is 6.09. The highest BCUT2D eigenvalue weighted by Crippen LogP contribution is 2.45. The molecule has 2 saturated heterocycles. The summed E-state index contributed by atoms with van der Waals surface area (Å²) < 4.78 is 10.8. The van der Waals surface area contributed by atoms with Crippen molar-refractivity contribution in [3.63, 3.8) is 0 Å². The fourth-order valence-corrected chi connectivity index (χ4v) is 4.05. The minimum absolute atomic E-state index is 0.135. The molecule has 1 unspecified atom stereocenters. The Morgan fingerprint density at radius 1 is 1.48 bits per heavy atom. The maximum absolute atomic E-state index is 5.90. The van der Waals surface area contributed by atoms with Crippen LogP contribution < -0.4 is 5.73 Å². The van der Waals surface area contributed by atoms with Gasteiger partial charge in [0.1, 0.15) is 0 Å². The molecule has 21 heavy (non-hydrogen) atoms. The summed E-state index contributed by atoms with van der Waals surface area (Å²) in [6.45, 7) is 2.91. The van der Waals surface area contributed by atoms with Gasteiger partial charge in [-0.1, -0.05) is 5.16 Å². The lowest BCUT2D eigenvalue weighted by Gasteiger charge is -2.27. The molecule has 112 valence electrons. The predicted molar refractivity (Wildman–Crippen MR) is 76.2 cm³/mol. The molecule has 0 spiro atoms. The highest BCUT2D eigenvalue weighted by molar-refractivity contribution is 5.44. The van der Waals surface area contributed by atoms with E-state index in [1.165, 1.54) is 19.3 Å². The van der Waals surface area contributed by atoms with Crippen molar-refractivity contribution in [1.29, 1.82) is 0 Å². The molecule has 4 heterocycles. The van der Waals surface area contributed by atoms with Gasteiger partial charge in [0.05, 0.1) is 12.3 Å². The topological polar surface area (TPSA) is 81.3 Å². The molecule has 2 N–H and O–H groups in total. The van der Waals surface area contributed by atoms with E-state index >= 15 is 0 Å². The zero-order valence-electron chi connectivity index (χ0n) is 12.1. The second-order valence-corrected chi connectivity index (χ2v) is 6.09. The number of hydrogen-bond donors (Lipinski definition) is 1. The first-order valence-electron chi connectivity index (χ1n) is 7.63. The molecule has 0 aliphatic carbocycles. The quantitative estimate of drug-likeness (QED) is 0.929. The molecule has 2 aromatic rings. The van der Waals surface area contributed by atoms with Crippen LogP contribution in [-0.2, 0) is 0 Å². The number of nitrogens with two attached hydrogens (primary N) is 1. The van der Waals surface area contributed by atoms with Crippen LogP contribution in [0.3, 0.4) is 0 Å². The molecule has 0 amide bonds. The van der Waals surface area contributed by atoms with E-state index in [2.05, 4.69) is 22.0 Å². The maximum atomic E-state index is 5.90. The van der Waals surface area contributed by atoms with Gasteiger partial charge in [0.2, 0.25) is 11.7 Å². The van der Waals surface area contributed by atoms with Crippen molar-refractivity contribution in [3.8, 4) is 11.6 Å². The third kappa shape index (κ3) is 2.01. The molecule has 2 bridgehead atoms. The first-order valence-corrected chi connectivity index (χ1v) is 7.63. The zero-order valence-corrected chi connectivity index (χ0v) is 12.1. The van der Waals surface area contributed by atoms with Gasteiger partial charge in [0, 0.05) is 12.1 Å². The lowest BCUT2D eigenvalue weighted by atomic mass is 9.89. The van der Waals surface area contributed by atoms with Gasteiger partial charge in [-0.05, 0) is 50.8 Å². The van der Waals surface area contributed by atoms with Crippen LogP contribution >= 0.6 is 0 Å². The molecule has 2 aliphatic heterocycles. The summed E-state index contributed by atoms with van der Waals surface area (Å²) in [5.74, 6) is 2.43. The average Bonchev–Trinajstić information content (AvgIpc) is 3.27. The lowest BCUT2D eigenvalue weighted by molar-refractivity contribution is 0.147. The van der Waals surface area contributed by atoms with Crippen molar-refractivity contribution in [2.75, 3.05) is 6.54 Å². The van der Waals surface area contributed by atoms with E-state index in [-0.39, 0.29) is 6.04 Å². The van der Waals surface area contributed by atoms with E-state index in [1.54, 1.807) is 6.26 Å². The molecule has 0 aromatic carbocycles. The normalized spacial score (nSPS) is 30.1. The monoisotopic (exact) mass is 288 g/mol. The van der Waals surface area contributed by atoms with E-state index in [4.69, 9.17) is 14.7 Å². The van der Waals surface area contributed by atoms with Crippen LogP contribution in [0, 0.1) is 5.92 Å². The SMILES string of the molecule is CC(c1nc(-c2ccco2)no1)N1[C@@H]2CC[C@H]1[C@H](CN)C2. The molecular weight excluding hydrogens is 268 g/mol. The van der Waals surface area contributed by atoms with Crippen LogP contribution in [0.2, 0.25) is 0 Å². The Balaban J connectivity index is 1.57. The van der Waals surface area contributed by atoms with Gasteiger partial charge in [0.15, 0.2) is 5.76 Å². The number of rotatable bonds is 4. The smallest absolute Gasteiger partial charge is 0.244 e. The third-order valence-electron chi connectivity index (χ3n) is 5.01. The molecule has 2 aliphatic rings. The summed E-state index contributed by atoms with van der Waals surface area (Å²) in [5, 5.41) is 4.03. The van der Waals surface area contributed by atoms with Gasteiger partial charge < -0.3 is 14.7 Å². The Kier molecular flexibility index (Phi) is 3.08. The van der Waals surface area contributed by atoms with Crippen molar-refractivity contribution >= 4 is 0 Å². The van der Waals surface area contributed by atoms with Crippen LogP contribution in [0.25, 0.3) is 11.6 Å². The Bertz CT molecular complexity index is 609. The van der Waals surface area contributed by atoms with Gasteiger partial charge in [0.25, 0.3) is 0 Å². The van der Waals surface area contributed by atoms with Crippen molar-refractivity contribution in [2.24, 2.45) is 11.7 Å². The van der Waals surface area contributed by atoms with Crippen LogP contribution in [0.5, 0.6) is 0 Å². The van der Waals surface area contributed by atoms with Crippen LogP contribution in [0.4, 0.5) is 0 Å². The Morgan fingerprint density at radius 3 is 3.10 bits per heavy atom. The molecule has 2 fully saturated rings. The molecular formula is C15H20N4O2. The summed E-state index contributed by atoms with van der Waals surface area (Å²) in [4.78, 5) is 7.03. The third-order valence-corrected chi connectivity index (χ3v) is 5.01.